The van der Waals surface area contributed by atoms with Crippen molar-refractivity contribution in [1.29, 1.82) is 0 Å². The van der Waals surface area contributed by atoms with E-state index in [4.69, 9.17) is 0 Å². The largest absolute Gasteiger partial charge is 0.338 e. The number of nitrogens with one attached hydrogen (secondary N) is 1. The Bertz CT molecular complexity index is 351. The Morgan fingerprint density at radius 1 is 1.67 bits per heavy atom. The third-order valence-electron chi connectivity index (χ3n) is 1.81. The van der Waals surface area contributed by atoms with Crippen LogP contribution in [-0.4, -0.2) is 16.2 Å². The molecule has 2 heterocycles. The van der Waals surface area contributed by atoms with Crippen LogP contribution in [0.15, 0.2) is 23.4 Å². The van der Waals surface area contributed by atoms with Gasteiger partial charge in [0, 0.05) is 6.20 Å². The van der Waals surface area contributed by atoms with Gasteiger partial charge in [-0.2, -0.15) is 5.10 Å². The number of hydrazone groups is 1. The van der Waals surface area contributed by atoms with Gasteiger partial charge in [0.1, 0.15) is 5.69 Å². The monoisotopic (exact) mass is 163 g/mol. The molecule has 0 radical (unpaired) electrons. The molecular weight excluding hydrogens is 154 g/mol. The van der Waals surface area contributed by atoms with Gasteiger partial charge in [0.2, 0.25) is 0 Å². The summed E-state index contributed by atoms with van der Waals surface area (Å²) in [7, 11) is 0. The van der Waals surface area contributed by atoms with Gasteiger partial charge in [0.25, 0.3) is 5.91 Å². The molecule has 62 valence electrons. The Labute approximate surface area is 69.9 Å². The van der Waals surface area contributed by atoms with Gasteiger partial charge < -0.3 is 4.57 Å². The minimum absolute atomic E-state index is 0.142. The van der Waals surface area contributed by atoms with Crippen LogP contribution < -0.4 is 5.43 Å². The number of hydrogen-bond acceptors (Lipinski definition) is 2. The van der Waals surface area contributed by atoms with Crippen molar-refractivity contribution in [2.24, 2.45) is 5.10 Å². The van der Waals surface area contributed by atoms with Crippen molar-refractivity contribution in [2.75, 3.05) is 0 Å². The lowest BCUT2D eigenvalue weighted by molar-refractivity contribution is 0.0948. The molecule has 1 amide bonds. The molecule has 0 saturated heterocycles. The molecule has 4 heteroatoms. The molecule has 1 aliphatic rings. The fraction of sp³-hybridized carbons (Fsp3) is 0.250. The summed E-state index contributed by atoms with van der Waals surface area (Å²) in [5.74, 6) is -0.142. The van der Waals surface area contributed by atoms with Crippen LogP contribution in [0.25, 0.3) is 0 Å². The molecule has 0 aliphatic carbocycles. The van der Waals surface area contributed by atoms with Gasteiger partial charge in [0.15, 0.2) is 0 Å². The molecule has 0 bridgehead atoms. The molecule has 0 atom stereocenters. The zero-order valence-electron chi connectivity index (χ0n) is 6.74. The van der Waals surface area contributed by atoms with Gasteiger partial charge in [-0.3, -0.25) is 4.79 Å². The van der Waals surface area contributed by atoms with Crippen LogP contribution in [0.2, 0.25) is 0 Å². The lowest BCUT2D eigenvalue weighted by Gasteiger charge is -2.00. The standard InChI is InChI=1S/C8H9N3O/c1-6-5-11-4-2-3-7(11)8(12)10-9-6/h2-4H,5H2,1H3,(H,10,12). The Balaban J connectivity index is 2.48. The molecule has 1 aliphatic heterocycles. The Morgan fingerprint density at radius 2 is 2.50 bits per heavy atom. The second-order valence-corrected chi connectivity index (χ2v) is 2.81. The highest BCUT2D eigenvalue weighted by atomic mass is 16.2. The predicted molar refractivity (Wildman–Crippen MR) is 45.0 cm³/mol. The van der Waals surface area contributed by atoms with E-state index < -0.39 is 0 Å². The van der Waals surface area contributed by atoms with Crippen molar-refractivity contribution in [1.82, 2.24) is 9.99 Å². The Hall–Kier alpha value is -1.58. The fourth-order valence-corrected chi connectivity index (χ4v) is 1.24. The lowest BCUT2D eigenvalue weighted by Crippen LogP contribution is -2.17. The first-order valence-electron chi connectivity index (χ1n) is 3.76. The van der Waals surface area contributed by atoms with Gasteiger partial charge in [0.05, 0.1) is 12.3 Å². The number of fused-ring (bicyclic) bond motifs is 1. The summed E-state index contributed by atoms with van der Waals surface area (Å²) >= 11 is 0. The van der Waals surface area contributed by atoms with Crippen molar-refractivity contribution in [3.63, 3.8) is 0 Å². The summed E-state index contributed by atoms with van der Waals surface area (Å²) in [4.78, 5) is 11.3. The summed E-state index contributed by atoms with van der Waals surface area (Å²) in [5, 5.41) is 3.89. The number of rotatable bonds is 0. The molecule has 0 saturated carbocycles. The van der Waals surface area contributed by atoms with E-state index in [0.717, 1.165) is 5.71 Å². The van der Waals surface area contributed by atoms with Crippen LogP contribution in [0.1, 0.15) is 17.4 Å². The van der Waals surface area contributed by atoms with Crippen LogP contribution in [0.5, 0.6) is 0 Å². The lowest BCUT2D eigenvalue weighted by atomic mass is 10.4. The van der Waals surface area contributed by atoms with Crippen LogP contribution in [0.4, 0.5) is 0 Å². The first-order valence-corrected chi connectivity index (χ1v) is 3.76. The topological polar surface area (TPSA) is 46.4 Å². The molecule has 1 aromatic rings. The highest BCUT2D eigenvalue weighted by Crippen LogP contribution is 2.05. The van der Waals surface area contributed by atoms with Crippen LogP contribution >= 0.6 is 0 Å². The second kappa shape index (κ2) is 2.48. The van der Waals surface area contributed by atoms with Crippen molar-refractivity contribution in [3.05, 3.63) is 24.0 Å². The number of hydrogen-bond donors (Lipinski definition) is 1. The van der Waals surface area contributed by atoms with Crippen molar-refractivity contribution in [3.8, 4) is 0 Å². The molecule has 0 aromatic carbocycles. The van der Waals surface area contributed by atoms with Crippen molar-refractivity contribution in [2.45, 2.75) is 13.5 Å². The van der Waals surface area contributed by atoms with Crippen LogP contribution in [-0.2, 0) is 6.54 Å². The number of nitrogens with zero attached hydrogens (tertiary/aromatic N) is 2. The van der Waals surface area contributed by atoms with Gasteiger partial charge in [-0.25, -0.2) is 5.43 Å². The van der Waals surface area contributed by atoms with Crippen molar-refractivity contribution < 1.29 is 4.79 Å². The van der Waals surface area contributed by atoms with Crippen molar-refractivity contribution >= 4 is 11.6 Å². The minimum atomic E-state index is -0.142. The summed E-state index contributed by atoms with van der Waals surface area (Å²) in [6.07, 6.45) is 1.87. The molecule has 1 aromatic heterocycles. The first-order chi connectivity index (χ1) is 5.77. The third kappa shape index (κ3) is 1.01. The predicted octanol–water partition coefficient (Wildman–Crippen LogP) is 0.607. The highest BCUT2D eigenvalue weighted by Gasteiger charge is 2.13. The van der Waals surface area contributed by atoms with Gasteiger partial charge in [-0.05, 0) is 19.1 Å². The molecule has 2 rings (SSSR count). The van der Waals surface area contributed by atoms with E-state index in [-0.39, 0.29) is 5.91 Å². The van der Waals surface area contributed by atoms with Gasteiger partial charge >= 0.3 is 0 Å². The number of carbonyl (C=O) groups is 1. The van der Waals surface area contributed by atoms with Crippen LogP contribution in [0.3, 0.4) is 0 Å². The smallest absolute Gasteiger partial charge is 0.287 e. The van der Waals surface area contributed by atoms with Gasteiger partial charge in [-0.15, -0.1) is 0 Å². The second-order valence-electron chi connectivity index (χ2n) is 2.81. The molecule has 0 fully saturated rings. The molecule has 0 spiro atoms. The molecule has 4 nitrogen and oxygen atoms in total. The number of amides is 1. The van der Waals surface area contributed by atoms with Crippen LogP contribution in [0, 0.1) is 0 Å². The maximum Gasteiger partial charge on any atom is 0.287 e. The molecule has 12 heavy (non-hydrogen) atoms. The molecule has 0 unspecified atom stereocenters. The zero-order valence-corrected chi connectivity index (χ0v) is 6.74. The highest BCUT2D eigenvalue weighted by molar-refractivity contribution is 5.96. The quantitative estimate of drug-likeness (QED) is 0.598. The summed E-state index contributed by atoms with van der Waals surface area (Å²) < 4.78 is 1.88. The minimum Gasteiger partial charge on any atom is -0.338 e. The third-order valence-corrected chi connectivity index (χ3v) is 1.81. The maximum atomic E-state index is 11.3. The normalized spacial score (nSPS) is 16.1. The van der Waals surface area contributed by atoms with E-state index in [1.807, 2.05) is 23.8 Å². The summed E-state index contributed by atoms with van der Waals surface area (Å²) in [6.45, 7) is 2.57. The average Bonchev–Trinajstić information content (AvgIpc) is 2.44. The molecular formula is C8H9N3O. The van der Waals surface area contributed by atoms with E-state index in [1.54, 1.807) is 6.07 Å². The van der Waals surface area contributed by atoms with E-state index in [0.29, 0.717) is 12.2 Å². The van der Waals surface area contributed by atoms with E-state index >= 15 is 0 Å². The zero-order chi connectivity index (χ0) is 8.55. The Kier molecular flexibility index (Phi) is 1.46. The van der Waals surface area contributed by atoms with Gasteiger partial charge in [-0.1, -0.05) is 0 Å². The average molecular weight is 163 g/mol. The SMILES string of the molecule is CC1=NNC(=O)c2cccn2C1. The summed E-state index contributed by atoms with van der Waals surface area (Å²) in [5.41, 5.74) is 4.03. The summed E-state index contributed by atoms with van der Waals surface area (Å²) in [6, 6.07) is 3.64. The first kappa shape index (κ1) is 7.09. The maximum absolute atomic E-state index is 11.3. The van der Waals surface area contributed by atoms with E-state index in [1.165, 1.54) is 0 Å². The number of carbonyl (C=O) groups excluding carboxylic acids is 1. The Morgan fingerprint density at radius 3 is 3.33 bits per heavy atom. The molecule has 1 N–H and O–H groups in total. The van der Waals surface area contributed by atoms with E-state index in [2.05, 4.69) is 10.5 Å². The fourth-order valence-electron chi connectivity index (χ4n) is 1.24. The van der Waals surface area contributed by atoms with E-state index in [9.17, 15) is 4.79 Å². The number of aromatic nitrogens is 1.